The van der Waals surface area contributed by atoms with Crippen molar-refractivity contribution in [1.29, 1.82) is 0 Å². The standard InChI is InChI=1S/C3H10NO4P.2Na/c5-2-1-4-3-9(6,7)8;;/h4-5H,1-3H2,(H2,6,7,8);;/q;2*+1/p-2. The summed E-state index contributed by atoms with van der Waals surface area (Å²) in [5.74, 6) is 0. The molecule has 2 N–H and O–H groups in total. The number of hydrogen-bond donors (Lipinski definition) is 2. The largest absolute Gasteiger partial charge is 1.00 e. The molecule has 8 heteroatoms. The van der Waals surface area contributed by atoms with E-state index in [1.165, 1.54) is 0 Å². The molecule has 0 radical (unpaired) electrons. The maximum Gasteiger partial charge on any atom is 1.00 e. The van der Waals surface area contributed by atoms with Crippen LogP contribution in [-0.4, -0.2) is 24.5 Å². The molecule has 56 valence electrons. The van der Waals surface area contributed by atoms with Crippen LogP contribution in [0.5, 0.6) is 0 Å². The average molecular weight is 199 g/mol. The number of rotatable bonds is 4. The zero-order chi connectivity index (χ0) is 7.33. The smallest absolute Gasteiger partial charge is 0.810 e. The summed E-state index contributed by atoms with van der Waals surface area (Å²) in [5, 5.41) is 10.3. The molecule has 0 spiro atoms. The summed E-state index contributed by atoms with van der Waals surface area (Å²) in [4.78, 5) is 19.7. The normalized spacial score (nSPS) is 9.73. The Kier molecular flexibility index (Phi) is 17.3. The van der Waals surface area contributed by atoms with Crippen molar-refractivity contribution < 1.29 is 78.6 Å². The summed E-state index contributed by atoms with van der Waals surface area (Å²) in [6.07, 6.45) is -0.590. The Morgan fingerprint density at radius 1 is 1.36 bits per heavy atom. The van der Waals surface area contributed by atoms with Gasteiger partial charge in [-0.1, -0.05) is 7.60 Å². The fourth-order valence-electron chi connectivity index (χ4n) is 0.295. The Morgan fingerprint density at radius 2 is 1.82 bits per heavy atom. The predicted octanol–water partition coefficient (Wildman–Crippen LogP) is -8.55. The van der Waals surface area contributed by atoms with Crippen LogP contribution in [0.1, 0.15) is 0 Å². The summed E-state index contributed by atoms with van der Waals surface area (Å²) in [6.45, 7) is -0.0333. The maximum atomic E-state index is 9.83. The van der Waals surface area contributed by atoms with E-state index in [-0.39, 0.29) is 72.3 Å². The van der Waals surface area contributed by atoms with E-state index in [1.807, 2.05) is 0 Å². The van der Waals surface area contributed by atoms with Crippen molar-refractivity contribution in [3.05, 3.63) is 0 Å². The van der Waals surface area contributed by atoms with E-state index in [0.29, 0.717) is 0 Å². The van der Waals surface area contributed by atoms with E-state index in [9.17, 15) is 14.4 Å². The molecule has 0 aromatic carbocycles. The SMILES string of the molecule is O=P([O-])([O-])CNCCO.[Na+].[Na+]. The topological polar surface area (TPSA) is 95.5 Å². The molecule has 0 aliphatic rings. The van der Waals surface area contributed by atoms with Gasteiger partial charge >= 0.3 is 59.1 Å². The van der Waals surface area contributed by atoms with Gasteiger partial charge in [-0.25, -0.2) is 0 Å². The molecule has 0 aliphatic carbocycles. The van der Waals surface area contributed by atoms with E-state index >= 15 is 0 Å². The zero-order valence-electron chi connectivity index (χ0n) is 6.74. The monoisotopic (exact) mass is 199 g/mol. The van der Waals surface area contributed by atoms with Crippen LogP contribution >= 0.6 is 7.60 Å². The molecule has 11 heavy (non-hydrogen) atoms. The van der Waals surface area contributed by atoms with Gasteiger partial charge in [-0.2, -0.15) is 0 Å². The molecule has 0 fully saturated rings. The Balaban J connectivity index is -0.000000320. The van der Waals surface area contributed by atoms with E-state index in [0.717, 1.165) is 0 Å². The molecular formula is C3H8NNa2O4P. The van der Waals surface area contributed by atoms with Gasteiger partial charge in [-0.15, -0.1) is 0 Å². The molecule has 0 amide bonds. The van der Waals surface area contributed by atoms with Gasteiger partial charge in [0.25, 0.3) is 0 Å². The second-order valence-electron chi connectivity index (χ2n) is 1.49. The van der Waals surface area contributed by atoms with Crippen LogP contribution in [-0.2, 0) is 4.57 Å². The second-order valence-corrected chi connectivity index (χ2v) is 3.03. The zero-order valence-corrected chi connectivity index (χ0v) is 11.6. The van der Waals surface area contributed by atoms with Crippen LogP contribution in [0.2, 0.25) is 0 Å². The number of aliphatic hydroxyl groups is 1. The van der Waals surface area contributed by atoms with Gasteiger partial charge in [0.1, 0.15) is 0 Å². The fraction of sp³-hybridized carbons (Fsp3) is 1.00. The molecule has 0 aromatic rings. The molecule has 0 aliphatic heterocycles. The summed E-state index contributed by atoms with van der Waals surface area (Å²) in [5.41, 5.74) is 0. The van der Waals surface area contributed by atoms with Gasteiger partial charge in [0.15, 0.2) is 0 Å². The first-order chi connectivity index (χ1) is 4.06. The quantitative estimate of drug-likeness (QED) is 0.266. The van der Waals surface area contributed by atoms with Crippen molar-refractivity contribution in [1.82, 2.24) is 5.32 Å². The van der Waals surface area contributed by atoms with E-state index in [2.05, 4.69) is 5.32 Å². The molecule has 0 aromatic heterocycles. The van der Waals surface area contributed by atoms with Gasteiger partial charge in [0, 0.05) is 12.8 Å². The van der Waals surface area contributed by atoms with Crippen LogP contribution in [0.3, 0.4) is 0 Å². The molecule has 0 atom stereocenters. The van der Waals surface area contributed by atoms with Gasteiger partial charge in [0.05, 0.1) is 6.61 Å². The Labute approximate surface area is 110 Å². The van der Waals surface area contributed by atoms with Gasteiger partial charge in [-0.3, -0.25) is 0 Å². The van der Waals surface area contributed by atoms with E-state index in [4.69, 9.17) is 5.11 Å². The van der Waals surface area contributed by atoms with E-state index < -0.39 is 13.9 Å². The Bertz CT molecular complexity index is 118. The summed E-state index contributed by atoms with van der Waals surface area (Å²) < 4.78 is 9.83. The minimum atomic E-state index is -4.42. The maximum absolute atomic E-state index is 9.83. The summed E-state index contributed by atoms with van der Waals surface area (Å²) in [7, 11) is -4.42. The number of aliphatic hydroxyl groups excluding tert-OH is 1. The molecule has 0 saturated carbocycles. The third-order valence-corrected chi connectivity index (χ3v) is 1.20. The van der Waals surface area contributed by atoms with Crippen molar-refractivity contribution in [3.8, 4) is 0 Å². The number of hydrogen-bond acceptors (Lipinski definition) is 5. The minimum Gasteiger partial charge on any atom is -0.810 e. The molecule has 0 saturated heterocycles. The van der Waals surface area contributed by atoms with Gasteiger partial charge in [0.2, 0.25) is 0 Å². The summed E-state index contributed by atoms with van der Waals surface area (Å²) >= 11 is 0. The Morgan fingerprint density at radius 3 is 2.09 bits per heavy atom. The molecule has 0 rings (SSSR count). The van der Waals surface area contributed by atoms with Crippen LogP contribution in [0.4, 0.5) is 0 Å². The van der Waals surface area contributed by atoms with Crippen LogP contribution in [0.25, 0.3) is 0 Å². The van der Waals surface area contributed by atoms with Gasteiger partial charge < -0.3 is 24.8 Å². The number of nitrogens with one attached hydrogen (secondary N) is 1. The van der Waals surface area contributed by atoms with Crippen LogP contribution in [0, 0.1) is 0 Å². The molecule has 0 heterocycles. The molecule has 5 nitrogen and oxygen atoms in total. The molecule has 0 unspecified atom stereocenters. The average Bonchev–Trinajstić information content (AvgIpc) is 1.63. The first-order valence-corrected chi connectivity index (χ1v) is 4.12. The van der Waals surface area contributed by atoms with Crippen LogP contribution < -0.4 is 74.2 Å². The van der Waals surface area contributed by atoms with Crippen molar-refractivity contribution >= 4 is 7.60 Å². The fourth-order valence-corrected chi connectivity index (χ4v) is 0.727. The first kappa shape index (κ1) is 18.8. The van der Waals surface area contributed by atoms with Crippen molar-refractivity contribution in [2.45, 2.75) is 0 Å². The summed E-state index contributed by atoms with van der Waals surface area (Å²) in [6, 6.07) is 0. The molecular weight excluding hydrogens is 191 g/mol. The Hall–Kier alpha value is 2.07. The minimum absolute atomic E-state index is 0. The van der Waals surface area contributed by atoms with Crippen molar-refractivity contribution in [2.75, 3.05) is 19.4 Å². The van der Waals surface area contributed by atoms with E-state index in [1.54, 1.807) is 0 Å². The predicted molar refractivity (Wildman–Crippen MR) is 27.6 cm³/mol. The van der Waals surface area contributed by atoms with Crippen LogP contribution in [0.15, 0.2) is 0 Å². The van der Waals surface area contributed by atoms with Crippen molar-refractivity contribution in [2.24, 2.45) is 0 Å². The first-order valence-electron chi connectivity index (χ1n) is 2.39. The molecule has 0 bridgehead atoms. The second kappa shape index (κ2) is 10.2. The van der Waals surface area contributed by atoms with Gasteiger partial charge in [-0.05, 0) is 0 Å². The third kappa shape index (κ3) is 18.8. The van der Waals surface area contributed by atoms with Crippen molar-refractivity contribution in [3.63, 3.8) is 0 Å². The third-order valence-electron chi connectivity index (χ3n) is 0.594.